The third-order valence-electron chi connectivity index (χ3n) is 4.34. The Bertz CT molecular complexity index is 909. The van der Waals surface area contributed by atoms with Crippen LogP contribution in [0.25, 0.3) is 0 Å². The van der Waals surface area contributed by atoms with Gasteiger partial charge in [0.1, 0.15) is 11.9 Å². The van der Waals surface area contributed by atoms with Gasteiger partial charge in [0.25, 0.3) is 0 Å². The molecule has 1 aliphatic rings. The van der Waals surface area contributed by atoms with Crippen LogP contribution >= 0.6 is 11.6 Å². The Morgan fingerprint density at radius 2 is 1.88 bits per heavy atom. The second-order valence-electron chi connectivity index (χ2n) is 5.94. The van der Waals surface area contributed by atoms with Crippen LogP contribution < -0.4 is 0 Å². The van der Waals surface area contributed by atoms with Crippen molar-refractivity contribution in [2.45, 2.75) is 36.2 Å². The average molecular weight is 379 g/mol. The van der Waals surface area contributed by atoms with Gasteiger partial charge in [0.2, 0.25) is 10.0 Å². The lowest BCUT2D eigenvalue weighted by Crippen LogP contribution is -2.45. The SMILES string of the molecule is N#C[C@H]1CCC[C@@H](c2cccc(F)c2)N1S(=O)(=O)c1ccc(Cl)cc1. The summed E-state index contributed by atoms with van der Waals surface area (Å²) in [6.45, 7) is 0. The van der Waals surface area contributed by atoms with Crippen LogP contribution in [0, 0.1) is 17.1 Å². The van der Waals surface area contributed by atoms with E-state index in [4.69, 9.17) is 11.6 Å². The first-order valence-electron chi connectivity index (χ1n) is 7.87. The molecule has 25 heavy (non-hydrogen) atoms. The zero-order valence-corrected chi connectivity index (χ0v) is 14.8. The van der Waals surface area contributed by atoms with Crippen molar-refractivity contribution in [1.29, 1.82) is 5.26 Å². The number of benzene rings is 2. The summed E-state index contributed by atoms with van der Waals surface area (Å²) in [7, 11) is -3.92. The van der Waals surface area contributed by atoms with Crippen LogP contribution in [0.1, 0.15) is 30.9 Å². The first kappa shape index (κ1) is 17.9. The van der Waals surface area contributed by atoms with Crippen LogP contribution in [-0.2, 0) is 10.0 Å². The fraction of sp³-hybridized carbons (Fsp3) is 0.278. The minimum Gasteiger partial charge on any atom is -0.207 e. The number of halogens is 2. The molecule has 0 spiro atoms. The van der Waals surface area contributed by atoms with Crippen molar-refractivity contribution >= 4 is 21.6 Å². The highest BCUT2D eigenvalue weighted by Gasteiger charge is 2.40. The third kappa shape index (κ3) is 3.54. The van der Waals surface area contributed by atoms with Gasteiger partial charge in [-0.2, -0.15) is 9.57 Å². The van der Waals surface area contributed by atoms with Crippen LogP contribution in [0.2, 0.25) is 5.02 Å². The molecule has 0 aliphatic carbocycles. The number of hydrogen-bond acceptors (Lipinski definition) is 3. The van der Waals surface area contributed by atoms with E-state index in [1.54, 1.807) is 12.1 Å². The standard InChI is InChI=1S/C18H16ClFN2O2S/c19-14-7-9-17(10-8-14)25(23,24)22-16(12-21)5-2-6-18(22)13-3-1-4-15(20)11-13/h1,3-4,7-11,16,18H,2,5-6H2/t16-,18+/m1/s1. The molecule has 0 radical (unpaired) electrons. The molecule has 0 N–H and O–H groups in total. The minimum absolute atomic E-state index is 0.0699. The topological polar surface area (TPSA) is 61.2 Å². The van der Waals surface area contributed by atoms with Gasteiger partial charge >= 0.3 is 0 Å². The van der Waals surface area contributed by atoms with Crippen molar-refractivity contribution < 1.29 is 12.8 Å². The summed E-state index contributed by atoms with van der Waals surface area (Å²) in [5.74, 6) is -0.430. The van der Waals surface area contributed by atoms with Gasteiger partial charge in [-0.15, -0.1) is 0 Å². The van der Waals surface area contributed by atoms with Crippen LogP contribution in [0.5, 0.6) is 0 Å². The van der Waals surface area contributed by atoms with Crippen LogP contribution in [-0.4, -0.2) is 18.8 Å². The average Bonchev–Trinajstić information content (AvgIpc) is 2.61. The monoisotopic (exact) mass is 378 g/mol. The number of hydrogen-bond donors (Lipinski definition) is 0. The Morgan fingerprint density at radius 3 is 2.52 bits per heavy atom. The maximum absolute atomic E-state index is 13.6. The molecule has 0 aromatic heterocycles. The maximum Gasteiger partial charge on any atom is 0.244 e. The predicted molar refractivity (Wildman–Crippen MR) is 92.9 cm³/mol. The Labute approximate surface area is 151 Å². The molecule has 3 rings (SSSR count). The summed E-state index contributed by atoms with van der Waals surface area (Å²) in [6.07, 6.45) is 1.69. The molecule has 130 valence electrons. The molecule has 1 saturated heterocycles. The largest absolute Gasteiger partial charge is 0.244 e. The number of rotatable bonds is 3. The maximum atomic E-state index is 13.6. The molecule has 0 bridgehead atoms. The molecule has 0 unspecified atom stereocenters. The lowest BCUT2D eigenvalue weighted by atomic mass is 9.94. The van der Waals surface area contributed by atoms with Crippen molar-refractivity contribution in [3.05, 3.63) is 64.9 Å². The van der Waals surface area contributed by atoms with E-state index < -0.39 is 27.9 Å². The van der Waals surface area contributed by atoms with Gasteiger partial charge < -0.3 is 0 Å². The van der Waals surface area contributed by atoms with E-state index in [-0.39, 0.29) is 4.90 Å². The van der Waals surface area contributed by atoms with E-state index in [0.717, 1.165) is 0 Å². The van der Waals surface area contributed by atoms with Crippen molar-refractivity contribution in [1.82, 2.24) is 4.31 Å². The summed E-state index contributed by atoms with van der Waals surface area (Å²) in [4.78, 5) is 0.0699. The molecular weight excluding hydrogens is 363 g/mol. The molecule has 2 atom stereocenters. The van der Waals surface area contributed by atoms with Crippen LogP contribution in [0.15, 0.2) is 53.4 Å². The minimum atomic E-state index is -3.92. The smallest absolute Gasteiger partial charge is 0.207 e. The van der Waals surface area contributed by atoms with Crippen molar-refractivity contribution in [3.8, 4) is 6.07 Å². The highest BCUT2D eigenvalue weighted by molar-refractivity contribution is 7.89. The molecule has 7 heteroatoms. The molecule has 1 fully saturated rings. The highest BCUT2D eigenvalue weighted by Crippen LogP contribution is 2.38. The normalized spacial score (nSPS) is 21.6. The molecule has 1 aliphatic heterocycles. The van der Waals surface area contributed by atoms with E-state index in [9.17, 15) is 18.1 Å². The van der Waals surface area contributed by atoms with E-state index in [2.05, 4.69) is 6.07 Å². The van der Waals surface area contributed by atoms with E-state index in [0.29, 0.717) is 29.8 Å². The molecule has 0 amide bonds. The highest BCUT2D eigenvalue weighted by atomic mass is 35.5. The zero-order chi connectivity index (χ0) is 18.0. The van der Waals surface area contributed by atoms with Crippen LogP contribution in [0.3, 0.4) is 0 Å². The number of sulfonamides is 1. The molecular formula is C18H16ClFN2O2S. The molecule has 0 saturated carbocycles. The molecule has 4 nitrogen and oxygen atoms in total. The fourth-order valence-corrected chi connectivity index (χ4v) is 5.09. The molecule has 2 aromatic rings. The van der Waals surface area contributed by atoms with Gasteiger partial charge in [-0.3, -0.25) is 0 Å². The summed E-state index contributed by atoms with van der Waals surface area (Å²) in [5, 5.41) is 9.91. The number of nitriles is 1. The van der Waals surface area contributed by atoms with E-state index in [1.807, 2.05) is 0 Å². The van der Waals surface area contributed by atoms with Gasteiger partial charge in [-0.1, -0.05) is 23.7 Å². The summed E-state index contributed by atoms with van der Waals surface area (Å²) in [6, 6.07) is 12.4. The van der Waals surface area contributed by atoms with Crippen molar-refractivity contribution in [3.63, 3.8) is 0 Å². The van der Waals surface area contributed by atoms with Gasteiger partial charge in [-0.05, 0) is 61.2 Å². The lowest BCUT2D eigenvalue weighted by molar-refractivity contribution is 0.215. The van der Waals surface area contributed by atoms with Gasteiger partial charge in [0.05, 0.1) is 17.0 Å². The number of piperidine rings is 1. The van der Waals surface area contributed by atoms with Gasteiger partial charge in [-0.25, -0.2) is 12.8 Å². The molecule has 2 aromatic carbocycles. The van der Waals surface area contributed by atoms with Crippen LogP contribution in [0.4, 0.5) is 4.39 Å². The Kier molecular flexibility index (Phi) is 5.09. The second kappa shape index (κ2) is 7.12. The zero-order valence-electron chi connectivity index (χ0n) is 13.3. The third-order valence-corrected chi connectivity index (χ3v) is 6.52. The first-order chi connectivity index (χ1) is 11.9. The predicted octanol–water partition coefficient (Wildman–Crippen LogP) is 4.29. The van der Waals surface area contributed by atoms with E-state index >= 15 is 0 Å². The molecule has 1 heterocycles. The summed E-state index contributed by atoms with van der Waals surface area (Å²) >= 11 is 5.84. The Hall–Kier alpha value is -1.94. The second-order valence-corrected chi connectivity index (χ2v) is 8.22. The lowest BCUT2D eigenvalue weighted by Gasteiger charge is -2.38. The van der Waals surface area contributed by atoms with Crippen molar-refractivity contribution in [2.75, 3.05) is 0 Å². The summed E-state index contributed by atoms with van der Waals surface area (Å²) in [5.41, 5.74) is 0.553. The quantitative estimate of drug-likeness (QED) is 0.800. The fourth-order valence-electron chi connectivity index (χ4n) is 3.19. The van der Waals surface area contributed by atoms with Gasteiger partial charge in [0.15, 0.2) is 0 Å². The van der Waals surface area contributed by atoms with Gasteiger partial charge in [0, 0.05) is 5.02 Å². The van der Waals surface area contributed by atoms with Crippen molar-refractivity contribution in [2.24, 2.45) is 0 Å². The summed E-state index contributed by atoms with van der Waals surface area (Å²) < 4.78 is 41.2. The Morgan fingerprint density at radius 1 is 1.16 bits per heavy atom. The Balaban J connectivity index is 2.09. The first-order valence-corrected chi connectivity index (χ1v) is 9.69. The van der Waals surface area contributed by atoms with E-state index in [1.165, 1.54) is 40.7 Å². The number of nitrogens with zero attached hydrogens (tertiary/aromatic N) is 2.